The van der Waals surface area contributed by atoms with Crippen molar-refractivity contribution >= 4 is 5.97 Å². The number of rotatable bonds is 5. The van der Waals surface area contributed by atoms with Crippen molar-refractivity contribution < 1.29 is 14.3 Å². The van der Waals surface area contributed by atoms with Gasteiger partial charge in [-0.3, -0.25) is 4.79 Å². The zero-order valence-corrected chi connectivity index (χ0v) is 10.1. The Hall–Kier alpha value is -1.42. The molecule has 1 aromatic rings. The molecule has 0 bridgehead atoms. The molecule has 1 rings (SSSR count). The van der Waals surface area contributed by atoms with E-state index >= 15 is 0 Å². The van der Waals surface area contributed by atoms with Crippen LogP contribution >= 0.6 is 0 Å². The van der Waals surface area contributed by atoms with E-state index in [4.69, 9.17) is 10.8 Å². The van der Waals surface area contributed by atoms with E-state index in [9.17, 15) is 9.18 Å². The minimum Gasteiger partial charge on any atom is -0.481 e. The Morgan fingerprint density at radius 1 is 1.53 bits per heavy atom. The standard InChI is InChI=1S/C13H18FNO2/c1-3-12(15)11(7-13(16)17)10-5-4-9(14)6-8(10)2/h4-6,11-12H,3,7,15H2,1-2H3,(H,16,17). The number of carboxylic acid groups (broad SMARTS) is 1. The van der Waals surface area contributed by atoms with Crippen molar-refractivity contribution in [1.29, 1.82) is 0 Å². The van der Waals surface area contributed by atoms with Gasteiger partial charge in [-0.15, -0.1) is 0 Å². The molecule has 2 atom stereocenters. The maximum absolute atomic E-state index is 13.0. The minimum absolute atomic E-state index is 0.0263. The van der Waals surface area contributed by atoms with E-state index in [0.29, 0.717) is 6.42 Å². The van der Waals surface area contributed by atoms with Crippen LogP contribution in [-0.4, -0.2) is 17.1 Å². The van der Waals surface area contributed by atoms with Crippen molar-refractivity contribution in [3.05, 3.63) is 35.1 Å². The largest absolute Gasteiger partial charge is 0.481 e. The molecule has 0 aliphatic carbocycles. The van der Waals surface area contributed by atoms with Crippen molar-refractivity contribution in [2.45, 2.75) is 38.6 Å². The van der Waals surface area contributed by atoms with E-state index in [1.54, 1.807) is 13.0 Å². The highest BCUT2D eigenvalue weighted by Crippen LogP contribution is 2.27. The minimum atomic E-state index is -0.886. The van der Waals surface area contributed by atoms with E-state index in [1.165, 1.54) is 12.1 Å². The maximum atomic E-state index is 13.0. The molecule has 0 spiro atoms. The molecule has 2 unspecified atom stereocenters. The van der Waals surface area contributed by atoms with Gasteiger partial charge in [0.15, 0.2) is 0 Å². The lowest BCUT2D eigenvalue weighted by molar-refractivity contribution is -0.137. The Morgan fingerprint density at radius 2 is 2.18 bits per heavy atom. The average Bonchev–Trinajstić information content (AvgIpc) is 2.25. The maximum Gasteiger partial charge on any atom is 0.304 e. The summed E-state index contributed by atoms with van der Waals surface area (Å²) in [4.78, 5) is 10.9. The van der Waals surface area contributed by atoms with Crippen LogP contribution < -0.4 is 5.73 Å². The molecule has 94 valence electrons. The summed E-state index contributed by atoms with van der Waals surface area (Å²) in [6.07, 6.45) is 0.663. The quantitative estimate of drug-likeness (QED) is 0.829. The number of aryl methyl sites for hydroxylation is 1. The second kappa shape index (κ2) is 5.77. The summed E-state index contributed by atoms with van der Waals surface area (Å²) in [6, 6.07) is 4.16. The highest BCUT2D eigenvalue weighted by atomic mass is 19.1. The zero-order valence-electron chi connectivity index (χ0n) is 10.1. The highest BCUT2D eigenvalue weighted by Gasteiger charge is 2.23. The molecule has 0 saturated carbocycles. The first-order valence-corrected chi connectivity index (χ1v) is 5.69. The fourth-order valence-electron chi connectivity index (χ4n) is 2.02. The van der Waals surface area contributed by atoms with Crippen molar-refractivity contribution in [2.75, 3.05) is 0 Å². The number of hydrogen-bond donors (Lipinski definition) is 2. The Bertz CT molecular complexity index is 406. The lowest BCUT2D eigenvalue weighted by atomic mass is 9.85. The lowest BCUT2D eigenvalue weighted by Crippen LogP contribution is -2.29. The fourth-order valence-corrected chi connectivity index (χ4v) is 2.02. The summed E-state index contributed by atoms with van der Waals surface area (Å²) in [6.45, 7) is 3.69. The summed E-state index contributed by atoms with van der Waals surface area (Å²) < 4.78 is 13.0. The molecule has 0 aliphatic heterocycles. The average molecular weight is 239 g/mol. The van der Waals surface area contributed by atoms with Crippen LogP contribution in [0.4, 0.5) is 4.39 Å². The Balaban J connectivity index is 3.07. The van der Waals surface area contributed by atoms with E-state index in [2.05, 4.69) is 0 Å². The van der Waals surface area contributed by atoms with Gasteiger partial charge in [0.05, 0.1) is 6.42 Å². The smallest absolute Gasteiger partial charge is 0.304 e. The first kappa shape index (κ1) is 13.6. The van der Waals surface area contributed by atoms with Crippen molar-refractivity contribution in [2.24, 2.45) is 5.73 Å². The monoisotopic (exact) mass is 239 g/mol. The normalized spacial score (nSPS) is 14.4. The van der Waals surface area contributed by atoms with E-state index in [-0.39, 0.29) is 24.2 Å². The molecule has 0 aliphatic rings. The van der Waals surface area contributed by atoms with Crippen LogP contribution in [-0.2, 0) is 4.79 Å². The van der Waals surface area contributed by atoms with Gasteiger partial charge in [-0.2, -0.15) is 0 Å². The molecule has 3 nitrogen and oxygen atoms in total. The SMILES string of the molecule is CCC(N)C(CC(=O)O)c1ccc(F)cc1C. The Kier molecular flexibility index (Phi) is 4.63. The third-order valence-corrected chi connectivity index (χ3v) is 3.01. The topological polar surface area (TPSA) is 63.3 Å². The van der Waals surface area contributed by atoms with E-state index < -0.39 is 5.97 Å². The molecular formula is C13H18FNO2. The number of nitrogens with two attached hydrogens (primary N) is 1. The number of hydrogen-bond acceptors (Lipinski definition) is 2. The van der Waals surface area contributed by atoms with Crippen molar-refractivity contribution in [1.82, 2.24) is 0 Å². The van der Waals surface area contributed by atoms with Crippen molar-refractivity contribution in [3.63, 3.8) is 0 Å². The first-order valence-electron chi connectivity index (χ1n) is 5.69. The van der Waals surface area contributed by atoms with E-state index in [1.807, 2.05) is 6.92 Å². The molecule has 0 radical (unpaired) electrons. The molecule has 17 heavy (non-hydrogen) atoms. The molecule has 0 fully saturated rings. The van der Waals surface area contributed by atoms with Gasteiger partial charge < -0.3 is 10.8 Å². The van der Waals surface area contributed by atoms with Gasteiger partial charge in [0.2, 0.25) is 0 Å². The van der Waals surface area contributed by atoms with Gasteiger partial charge >= 0.3 is 5.97 Å². The number of carbonyl (C=O) groups is 1. The first-order chi connectivity index (χ1) is 7.95. The van der Waals surface area contributed by atoms with Crippen LogP contribution in [0.25, 0.3) is 0 Å². The van der Waals surface area contributed by atoms with Gasteiger partial charge in [-0.05, 0) is 36.6 Å². The second-order valence-electron chi connectivity index (χ2n) is 4.28. The van der Waals surface area contributed by atoms with Crippen LogP contribution in [0, 0.1) is 12.7 Å². The fraction of sp³-hybridized carbons (Fsp3) is 0.462. The Labute approximate surface area is 100 Å². The van der Waals surface area contributed by atoms with Crippen LogP contribution in [0.1, 0.15) is 36.8 Å². The van der Waals surface area contributed by atoms with Crippen LogP contribution in [0.3, 0.4) is 0 Å². The second-order valence-corrected chi connectivity index (χ2v) is 4.28. The summed E-state index contributed by atoms with van der Waals surface area (Å²) in [7, 11) is 0. The van der Waals surface area contributed by atoms with E-state index in [0.717, 1.165) is 11.1 Å². The third kappa shape index (κ3) is 3.53. The number of benzene rings is 1. The third-order valence-electron chi connectivity index (χ3n) is 3.01. The van der Waals surface area contributed by atoms with Gasteiger partial charge in [0.25, 0.3) is 0 Å². The number of carboxylic acids is 1. The molecule has 0 heterocycles. The molecular weight excluding hydrogens is 221 g/mol. The molecule has 3 N–H and O–H groups in total. The molecule has 0 amide bonds. The molecule has 4 heteroatoms. The van der Waals surface area contributed by atoms with Gasteiger partial charge in [-0.1, -0.05) is 13.0 Å². The molecule has 0 saturated heterocycles. The summed E-state index contributed by atoms with van der Waals surface area (Å²) in [5, 5.41) is 8.91. The molecule has 1 aromatic carbocycles. The van der Waals surface area contributed by atoms with Crippen molar-refractivity contribution in [3.8, 4) is 0 Å². The predicted molar refractivity (Wildman–Crippen MR) is 64.4 cm³/mol. The van der Waals surface area contributed by atoms with Crippen LogP contribution in [0.5, 0.6) is 0 Å². The van der Waals surface area contributed by atoms with Gasteiger partial charge in [0, 0.05) is 12.0 Å². The summed E-state index contributed by atoms with van der Waals surface area (Å²) >= 11 is 0. The van der Waals surface area contributed by atoms with Crippen LogP contribution in [0.2, 0.25) is 0 Å². The summed E-state index contributed by atoms with van der Waals surface area (Å²) in [5.74, 6) is -1.47. The lowest BCUT2D eigenvalue weighted by Gasteiger charge is -2.23. The molecule has 0 aromatic heterocycles. The van der Waals surface area contributed by atoms with Gasteiger partial charge in [0.1, 0.15) is 5.82 Å². The Morgan fingerprint density at radius 3 is 2.65 bits per heavy atom. The van der Waals surface area contributed by atoms with Gasteiger partial charge in [-0.25, -0.2) is 4.39 Å². The summed E-state index contributed by atoms with van der Waals surface area (Å²) in [5.41, 5.74) is 7.52. The van der Waals surface area contributed by atoms with Crippen LogP contribution in [0.15, 0.2) is 18.2 Å². The number of aliphatic carboxylic acids is 1. The zero-order chi connectivity index (χ0) is 13.0. The predicted octanol–water partition coefficient (Wildman–Crippen LogP) is 2.43. The highest BCUT2D eigenvalue weighted by molar-refractivity contribution is 5.68. The number of halogens is 1.